The Morgan fingerprint density at radius 1 is 1.10 bits per heavy atom. The Bertz CT molecular complexity index is 666. The third-order valence-corrected chi connectivity index (χ3v) is 3.98. The molecule has 0 bridgehead atoms. The predicted molar refractivity (Wildman–Crippen MR) is 84.8 cm³/mol. The molecule has 1 atom stereocenters. The van der Waals surface area contributed by atoms with Gasteiger partial charge in [0.2, 0.25) is 0 Å². The molecule has 1 aliphatic rings. The molecule has 0 saturated carbocycles. The smallest absolute Gasteiger partial charge is 0.129 e. The summed E-state index contributed by atoms with van der Waals surface area (Å²) < 4.78 is 6.07. The molecule has 2 nitrogen and oxygen atoms in total. The SMILES string of the molecule is Cc1cc(C)cc(C(O)c2cccc3c2OC(C)(C)C3)c1. The van der Waals surface area contributed by atoms with Gasteiger partial charge in [-0.3, -0.25) is 0 Å². The lowest BCUT2D eigenvalue weighted by Gasteiger charge is -2.20. The Morgan fingerprint density at radius 3 is 2.43 bits per heavy atom. The fourth-order valence-corrected chi connectivity index (χ4v) is 3.20. The van der Waals surface area contributed by atoms with Gasteiger partial charge in [-0.25, -0.2) is 0 Å². The van der Waals surface area contributed by atoms with Crippen LogP contribution < -0.4 is 4.74 Å². The summed E-state index contributed by atoms with van der Waals surface area (Å²) >= 11 is 0. The quantitative estimate of drug-likeness (QED) is 0.898. The molecule has 2 heteroatoms. The maximum atomic E-state index is 10.8. The Hall–Kier alpha value is -1.80. The highest BCUT2D eigenvalue weighted by Gasteiger charge is 2.33. The van der Waals surface area contributed by atoms with E-state index in [1.54, 1.807) is 0 Å². The summed E-state index contributed by atoms with van der Waals surface area (Å²) in [6.45, 7) is 8.27. The molecule has 0 aliphatic carbocycles. The third kappa shape index (κ3) is 2.68. The number of aryl methyl sites for hydroxylation is 2. The van der Waals surface area contributed by atoms with E-state index in [-0.39, 0.29) is 5.60 Å². The number of fused-ring (bicyclic) bond motifs is 1. The molecule has 2 aromatic carbocycles. The van der Waals surface area contributed by atoms with Gasteiger partial charge in [0.15, 0.2) is 0 Å². The van der Waals surface area contributed by atoms with Crippen LogP contribution in [-0.2, 0) is 6.42 Å². The molecule has 21 heavy (non-hydrogen) atoms. The molecule has 1 N–H and O–H groups in total. The van der Waals surface area contributed by atoms with Crippen molar-refractivity contribution in [3.63, 3.8) is 0 Å². The van der Waals surface area contributed by atoms with Crippen molar-refractivity contribution in [3.8, 4) is 5.75 Å². The van der Waals surface area contributed by atoms with Crippen LogP contribution in [0.15, 0.2) is 36.4 Å². The van der Waals surface area contributed by atoms with Crippen molar-refractivity contribution < 1.29 is 9.84 Å². The average Bonchev–Trinajstić information content (AvgIpc) is 2.70. The maximum absolute atomic E-state index is 10.8. The Kier molecular flexibility index (Phi) is 3.29. The zero-order valence-corrected chi connectivity index (χ0v) is 13.1. The van der Waals surface area contributed by atoms with Crippen molar-refractivity contribution in [3.05, 3.63) is 64.2 Å². The van der Waals surface area contributed by atoms with E-state index in [1.807, 2.05) is 24.3 Å². The molecule has 2 aromatic rings. The molecule has 110 valence electrons. The molecule has 0 spiro atoms. The number of hydrogen-bond donors (Lipinski definition) is 1. The third-order valence-electron chi connectivity index (χ3n) is 3.98. The molecule has 3 rings (SSSR count). The van der Waals surface area contributed by atoms with Crippen LogP contribution in [-0.4, -0.2) is 10.7 Å². The minimum atomic E-state index is -0.646. The first-order chi connectivity index (χ1) is 9.85. The average molecular weight is 282 g/mol. The van der Waals surface area contributed by atoms with E-state index in [0.717, 1.165) is 34.4 Å². The minimum Gasteiger partial charge on any atom is -0.487 e. The number of aliphatic hydroxyl groups is 1. The van der Waals surface area contributed by atoms with Gasteiger partial charge in [0, 0.05) is 12.0 Å². The van der Waals surface area contributed by atoms with Crippen molar-refractivity contribution in [2.45, 2.75) is 45.8 Å². The van der Waals surface area contributed by atoms with Gasteiger partial charge in [-0.2, -0.15) is 0 Å². The monoisotopic (exact) mass is 282 g/mol. The van der Waals surface area contributed by atoms with E-state index in [2.05, 4.69) is 39.8 Å². The summed E-state index contributed by atoms with van der Waals surface area (Å²) in [5.74, 6) is 0.856. The van der Waals surface area contributed by atoms with Crippen LogP contribution in [0.4, 0.5) is 0 Å². The van der Waals surface area contributed by atoms with E-state index in [9.17, 15) is 5.11 Å². The predicted octanol–water partition coefficient (Wildman–Crippen LogP) is 4.10. The van der Waals surface area contributed by atoms with Gasteiger partial charge in [0.05, 0.1) is 0 Å². The summed E-state index contributed by atoms with van der Waals surface area (Å²) in [7, 11) is 0. The molecule has 0 radical (unpaired) electrons. The molecule has 0 aromatic heterocycles. The van der Waals surface area contributed by atoms with E-state index in [1.165, 1.54) is 5.56 Å². The van der Waals surface area contributed by atoms with Gasteiger partial charge in [-0.1, -0.05) is 47.5 Å². The van der Waals surface area contributed by atoms with Gasteiger partial charge in [-0.05, 0) is 38.8 Å². The summed E-state index contributed by atoms with van der Waals surface area (Å²) in [6.07, 6.45) is 0.239. The molecular formula is C19H22O2. The normalized spacial score (nSPS) is 17.2. The second kappa shape index (κ2) is 4.88. The lowest BCUT2D eigenvalue weighted by molar-refractivity contribution is 0.131. The molecule has 0 fully saturated rings. The Labute approximate surface area is 126 Å². The van der Waals surface area contributed by atoms with E-state index < -0.39 is 6.10 Å². The largest absolute Gasteiger partial charge is 0.487 e. The minimum absolute atomic E-state index is 0.194. The van der Waals surface area contributed by atoms with Crippen molar-refractivity contribution in [1.29, 1.82) is 0 Å². The van der Waals surface area contributed by atoms with Gasteiger partial charge in [0.1, 0.15) is 17.5 Å². The number of rotatable bonds is 2. The maximum Gasteiger partial charge on any atom is 0.129 e. The molecule has 0 saturated heterocycles. The fourth-order valence-electron chi connectivity index (χ4n) is 3.20. The summed E-state index contributed by atoms with van der Waals surface area (Å²) in [5, 5.41) is 10.8. The second-order valence-electron chi connectivity index (χ2n) is 6.70. The number of para-hydroxylation sites is 1. The molecule has 1 aliphatic heterocycles. The van der Waals surface area contributed by atoms with Crippen molar-refractivity contribution in [1.82, 2.24) is 0 Å². The van der Waals surface area contributed by atoms with Gasteiger partial charge in [0.25, 0.3) is 0 Å². The van der Waals surface area contributed by atoms with Crippen LogP contribution in [0.3, 0.4) is 0 Å². The van der Waals surface area contributed by atoms with E-state index >= 15 is 0 Å². The Morgan fingerprint density at radius 2 is 1.76 bits per heavy atom. The molecule has 1 unspecified atom stereocenters. The second-order valence-corrected chi connectivity index (χ2v) is 6.70. The van der Waals surface area contributed by atoms with Crippen LogP contribution in [0.25, 0.3) is 0 Å². The van der Waals surface area contributed by atoms with Crippen molar-refractivity contribution in [2.75, 3.05) is 0 Å². The zero-order valence-electron chi connectivity index (χ0n) is 13.1. The lowest BCUT2D eigenvalue weighted by atomic mass is 9.95. The fraction of sp³-hybridized carbons (Fsp3) is 0.368. The first kappa shape index (κ1) is 14.2. The molecule has 0 amide bonds. The lowest BCUT2D eigenvalue weighted by Crippen LogP contribution is -2.25. The highest BCUT2D eigenvalue weighted by Crippen LogP contribution is 2.41. The topological polar surface area (TPSA) is 29.5 Å². The highest BCUT2D eigenvalue weighted by molar-refractivity contribution is 5.49. The summed E-state index contributed by atoms with van der Waals surface area (Å²) in [6, 6.07) is 12.2. The van der Waals surface area contributed by atoms with E-state index in [0.29, 0.717) is 0 Å². The standard InChI is InChI=1S/C19H22O2/c1-12-8-13(2)10-15(9-12)17(20)16-7-5-6-14-11-19(3,4)21-18(14)16/h5-10,17,20H,11H2,1-4H3. The molecular weight excluding hydrogens is 260 g/mol. The Balaban J connectivity index is 2.04. The number of hydrogen-bond acceptors (Lipinski definition) is 2. The molecule has 1 heterocycles. The van der Waals surface area contributed by atoms with Crippen LogP contribution in [0.2, 0.25) is 0 Å². The first-order valence-electron chi connectivity index (χ1n) is 7.43. The van der Waals surface area contributed by atoms with Crippen LogP contribution >= 0.6 is 0 Å². The van der Waals surface area contributed by atoms with Crippen LogP contribution in [0.5, 0.6) is 5.75 Å². The van der Waals surface area contributed by atoms with Gasteiger partial charge in [-0.15, -0.1) is 0 Å². The van der Waals surface area contributed by atoms with Crippen LogP contribution in [0, 0.1) is 13.8 Å². The van der Waals surface area contributed by atoms with Crippen LogP contribution in [0.1, 0.15) is 47.8 Å². The highest BCUT2D eigenvalue weighted by atomic mass is 16.5. The number of ether oxygens (including phenoxy) is 1. The number of benzene rings is 2. The first-order valence-corrected chi connectivity index (χ1v) is 7.43. The van der Waals surface area contributed by atoms with Crippen molar-refractivity contribution >= 4 is 0 Å². The zero-order chi connectivity index (χ0) is 15.2. The number of aliphatic hydroxyl groups excluding tert-OH is 1. The summed E-state index contributed by atoms with van der Waals surface area (Å²) in [5.41, 5.74) is 5.11. The van der Waals surface area contributed by atoms with Gasteiger partial charge < -0.3 is 9.84 Å². The van der Waals surface area contributed by atoms with Gasteiger partial charge >= 0.3 is 0 Å². The summed E-state index contributed by atoms with van der Waals surface area (Å²) in [4.78, 5) is 0. The van der Waals surface area contributed by atoms with E-state index in [4.69, 9.17) is 4.74 Å². The van der Waals surface area contributed by atoms with Crippen molar-refractivity contribution in [2.24, 2.45) is 0 Å².